The molecule has 2 unspecified atom stereocenters. The molecule has 1 aromatic rings. The van der Waals surface area contributed by atoms with Crippen LogP contribution in [0.4, 0.5) is 4.39 Å². The van der Waals surface area contributed by atoms with E-state index in [-0.39, 0.29) is 11.9 Å². The zero-order valence-electron chi connectivity index (χ0n) is 9.17. The van der Waals surface area contributed by atoms with Gasteiger partial charge >= 0.3 is 0 Å². The molecule has 0 aliphatic carbocycles. The van der Waals surface area contributed by atoms with Gasteiger partial charge in [0.05, 0.1) is 6.10 Å². The molecule has 0 radical (unpaired) electrons. The summed E-state index contributed by atoms with van der Waals surface area (Å²) < 4.78 is 20.2. The Balaban J connectivity index is 2.25. The highest BCUT2D eigenvalue weighted by Gasteiger charge is 2.31. The molecule has 1 heterocycles. The summed E-state index contributed by atoms with van der Waals surface area (Å²) in [6, 6.07) is 5.01. The molecule has 1 aromatic carbocycles. The number of hydrogen-bond acceptors (Lipinski definition) is 2. The molecule has 1 saturated heterocycles. The Bertz CT molecular complexity index is 372. The zero-order chi connectivity index (χ0) is 11.5. The van der Waals surface area contributed by atoms with Crippen LogP contribution in [0, 0.1) is 11.7 Å². The lowest BCUT2D eigenvalue weighted by atomic mass is 9.95. The van der Waals surface area contributed by atoms with Crippen molar-refractivity contribution in [3.63, 3.8) is 0 Å². The van der Waals surface area contributed by atoms with Gasteiger partial charge in [-0.05, 0) is 31.7 Å². The second-order valence-electron chi connectivity index (χ2n) is 4.06. The van der Waals surface area contributed by atoms with Crippen molar-refractivity contribution >= 4 is 15.9 Å². The van der Waals surface area contributed by atoms with E-state index < -0.39 is 0 Å². The molecule has 1 aliphatic rings. The van der Waals surface area contributed by atoms with Gasteiger partial charge in [-0.1, -0.05) is 15.9 Å². The highest BCUT2D eigenvalue weighted by Crippen LogP contribution is 2.36. The van der Waals surface area contributed by atoms with Gasteiger partial charge in [0.1, 0.15) is 5.82 Å². The van der Waals surface area contributed by atoms with E-state index >= 15 is 0 Å². The number of ether oxygens (including phenoxy) is 1. The van der Waals surface area contributed by atoms with Crippen LogP contribution in [0.1, 0.15) is 18.1 Å². The van der Waals surface area contributed by atoms with Gasteiger partial charge in [-0.2, -0.15) is 0 Å². The third-order valence-electron chi connectivity index (χ3n) is 2.95. The average Bonchev–Trinajstić information content (AvgIpc) is 2.70. The molecule has 16 heavy (non-hydrogen) atoms. The van der Waals surface area contributed by atoms with Crippen molar-refractivity contribution < 1.29 is 9.13 Å². The third kappa shape index (κ3) is 2.44. The molecule has 0 aromatic heterocycles. The van der Waals surface area contributed by atoms with E-state index in [1.165, 1.54) is 6.07 Å². The molecule has 0 amide bonds. The van der Waals surface area contributed by atoms with Gasteiger partial charge in [-0.3, -0.25) is 0 Å². The van der Waals surface area contributed by atoms with Crippen LogP contribution in [0.2, 0.25) is 0 Å². The Kier molecular flexibility index (Phi) is 3.95. The van der Waals surface area contributed by atoms with Gasteiger partial charge in [0.15, 0.2) is 0 Å². The first-order chi connectivity index (χ1) is 7.72. The largest absolute Gasteiger partial charge is 0.373 e. The fraction of sp³-hybridized carbons (Fsp3) is 0.500. The van der Waals surface area contributed by atoms with Crippen LogP contribution >= 0.6 is 15.9 Å². The van der Waals surface area contributed by atoms with E-state index in [0.29, 0.717) is 18.1 Å². The SMILES string of the molecule is CNCC1CCOC1c1cc(Br)ccc1F. The number of benzene rings is 1. The van der Waals surface area contributed by atoms with Crippen molar-refractivity contribution in [1.82, 2.24) is 5.32 Å². The van der Waals surface area contributed by atoms with E-state index in [1.807, 2.05) is 13.1 Å². The molecule has 4 heteroatoms. The summed E-state index contributed by atoms with van der Waals surface area (Å²) in [4.78, 5) is 0. The lowest BCUT2D eigenvalue weighted by Crippen LogP contribution is -2.22. The first-order valence-electron chi connectivity index (χ1n) is 5.43. The Labute approximate surface area is 103 Å². The zero-order valence-corrected chi connectivity index (χ0v) is 10.8. The molecule has 1 fully saturated rings. The Hall–Kier alpha value is -0.450. The van der Waals surface area contributed by atoms with E-state index in [4.69, 9.17) is 4.74 Å². The van der Waals surface area contributed by atoms with Crippen LogP contribution in [0.15, 0.2) is 22.7 Å². The Morgan fingerprint density at radius 1 is 1.56 bits per heavy atom. The van der Waals surface area contributed by atoms with Crippen molar-refractivity contribution in [3.05, 3.63) is 34.1 Å². The summed E-state index contributed by atoms with van der Waals surface area (Å²) in [6.07, 6.45) is 0.863. The topological polar surface area (TPSA) is 21.3 Å². The van der Waals surface area contributed by atoms with Crippen LogP contribution in [-0.4, -0.2) is 20.2 Å². The normalized spacial score (nSPS) is 24.9. The van der Waals surface area contributed by atoms with E-state index in [2.05, 4.69) is 21.2 Å². The molecule has 0 bridgehead atoms. The van der Waals surface area contributed by atoms with Crippen molar-refractivity contribution in [2.24, 2.45) is 5.92 Å². The first kappa shape index (κ1) is 12.0. The molecule has 2 nitrogen and oxygen atoms in total. The fourth-order valence-electron chi connectivity index (χ4n) is 2.18. The summed E-state index contributed by atoms with van der Waals surface area (Å²) in [6.45, 7) is 1.57. The fourth-order valence-corrected chi connectivity index (χ4v) is 2.56. The van der Waals surface area contributed by atoms with Crippen LogP contribution in [-0.2, 0) is 4.74 Å². The molecule has 2 rings (SSSR count). The highest BCUT2D eigenvalue weighted by molar-refractivity contribution is 9.10. The predicted octanol–water partition coefficient (Wildman–Crippen LogP) is 2.89. The van der Waals surface area contributed by atoms with E-state index in [9.17, 15) is 4.39 Å². The maximum absolute atomic E-state index is 13.7. The van der Waals surface area contributed by atoms with E-state index in [1.54, 1.807) is 6.07 Å². The monoisotopic (exact) mass is 287 g/mol. The number of rotatable bonds is 3. The minimum atomic E-state index is -0.184. The number of nitrogens with one attached hydrogen (secondary N) is 1. The van der Waals surface area contributed by atoms with Gasteiger partial charge in [-0.15, -0.1) is 0 Å². The van der Waals surface area contributed by atoms with Crippen LogP contribution in [0.5, 0.6) is 0 Å². The molecule has 1 aliphatic heterocycles. The minimum absolute atomic E-state index is 0.120. The second kappa shape index (κ2) is 5.25. The lowest BCUT2D eigenvalue weighted by Gasteiger charge is -2.19. The maximum Gasteiger partial charge on any atom is 0.129 e. The quantitative estimate of drug-likeness (QED) is 0.923. The number of hydrogen-bond donors (Lipinski definition) is 1. The first-order valence-corrected chi connectivity index (χ1v) is 6.23. The van der Waals surface area contributed by atoms with Gasteiger partial charge < -0.3 is 10.1 Å². The van der Waals surface area contributed by atoms with Gasteiger partial charge in [0.2, 0.25) is 0 Å². The summed E-state index contributed by atoms with van der Waals surface area (Å²) in [5.74, 6) is 0.171. The molecular formula is C12H15BrFNO. The van der Waals surface area contributed by atoms with Crippen LogP contribution in [0.25, 0.3) is 0 Å². The van der Waals surface area contributed by atoms with Gasteiger partial charge in [-0.25, -0.2) is 4.39 Å². The van der Waals surface area contributed by atoms with Crippen molar-refractivity contribution in [3.8, 4) is 0 Å². The minimum Gasteiger partial charge on any atom is -0.373 e. The average molecular weight is 288 g/mol. The number of halogens is 2. The molecule has 0 spiro atoms. The standard InChI is InChI=1S/C12H15BrFNO/c1-15-7-8-4-5-16-12(8)10-6-9(13)2-3-11(10)14/h2-3,6,8,12,15H,4-5,7H2,1H3. The molecule has 2 atom stereocenters. The van der Waals surface area contributed by atoms with Crippen molar-refractivity contribution in [2.75, 3.05) is 20.2 Å². The summed E-state index contributed by atoms with van der Waals surface area (Å²) >= 11 is 3.36. The van der Waals surface area contributed by atoms with Crippen LogP contribution < -0.4 is 5.32 Å². The highest BCUT2D eigenvalue weighted by atomic mass is 79.9. The van der Waals surface area contributed by atoms with Gasteiger partial charge in [0, 0.05) is 29.1 Å². The smallest absolute Gasteiger partial charge is 0.129 e. The predicted molar refractivity (Wildman–Crippen MR) is 64.8 cm³/mol. The summed E-state index contributed by atoms with van der Waals surface area (Å²) in [7, 11) is 1.91. The van der Waals surface area contributed by atoms with Crippen LogP contribution in [0.3, 0.4) is 0 Å². The summed E-state index contributed by atoms with van der Waals surface area (Å²) in [5, 5.41) is 3.13. The van der Waals surface area contributed by atoms with Gasteiger partial charge in [0.25, 0.3) is 0 Å². The van der Waals surface area contributed by atoms with Crippen molar-refractivity contribution in [1.29, 1.82) is 0 Å². The second-order valence-corrected chi connectivity index (χ2v) is 4.98. The molecular weight excluding hydrogens is 273 g/mol. The summed E-state index contributed by atoms with van der Waals surface area (Å²) in [5.41, 5.74) is 0.659. The molecule has 0 saturated carbocycles. The van der Waals surface area contributed by atoms with Crippen molar-refractivity contribution in [2.45, 2.75) is 12.5 Å². The third-order valence-corrected chi connectivity index (χ3v) is 3.44. The molecule has 1 N–H and O–H groups in total. The molecule has 88 valence electrons. The van der Waals surface area contributed by atoms with E-state index in [0.717, 1.165) is 17.4 Å². The maximum atomic E-state index is 13.7. The lowest BCUT2D eigenvalue weighted by molar-refractivity contribution is 0.0879. The Morgan fingerprint density at radius 2 is 2.38 bits per heavy atom. The Morgan fingerprint density at radius 3 is 3.12 bits per heavy atom.